The molecule has 2 atom stereocenters. The van der Waals surface area contributed by atoms with Crippen molar-refractivity contribution in [1.82, 2.24) is 5.32 Å². The summed E-state index contributed by atoms with van der Waals surface area (Å²) in [4.78, 5) is 12.3. The number of unbranched alkanes of at least 4 members (excludes halogenated alkanes) is 32. The molecule has 0 saturated heterocycles. The molecule has 47 heavy (non-hydrogen) atoms. The van der Waals surface area contributed by atoms with Crippen molar-refractivity contribution in [2.45, 2.75) is 251 Å². The molecule has 0 aromatic rings. The van der Waals surface area contributed by atoms with Gasteiger partial charge in [-0.3, -0.25) is 4.79 Å². The third-order valence-electron chi connectivity index (χ3n) is 10.0. The summed E-state index contributed by atoms with van der Waals surface area (Å²) in [5, 5.41) is 22.9. The van der Waals surface area contributed by atoms with Crippen LogP contribution in [0.1, 0.15) is 239 Å². The first-order chi connectivity index (χ1) is 23.2. The van der Waals surface area contributed by atoms with E-state index in [1.54, 1.807) is 6.08 Å². The average Bonchev–Trinajstić information content (AvgIpc) is 3.07. The standard InChI is InChI=1S/C43H85NO3/c1-3-5-7-9-11-13-14-15-16-17-18-19-20-21-22-23-24-25-26-27-28-29-31-32-34-36-38-42(46)41(40-45)44-43(47)39-37-35-33-30-12-10-8-6-4-2/h36,38,41-42,45-46H,3-35,37,39-40H2,1-2H3,(H,44,47)/b38-36+. The van der Waals surface area contributed by atoms with E-state index in [4.69, 9.17) is 0 Å². The number of aliphatic hydroxyl groups excluding tert-OH is 2. The van der Waals surface area contributed by atoms with Crippen molar-refractivity contribution in [3.8, 4) is 0 Å². The number of nitrogens with one attached hydrogen (secondary N) is 1. The Morgan fingerprint density at radius 2 is 0.787 bits per heavy atom. The Morgan fingerprint density at radius 3 is 1.11 bits per heavy atom. The Bertz CT molecular complexity index is 637. The molecule has 3 N–H and O–H groups in total. The van der Waals surface area contributed by atoms with Crippen LogP contribution >= 0.6 is 0 Å². The van der Waals surface area contributed by atoms with Gasteiger partial charge in [-0.1, -0.05) is 225 Å². The second kappa shape index (κ2) is 39.6. The van der Waals surface area contributed by atoms with Crippen LogP contribution in [0.2, 0.25) is 0 Å². The maximum atomic E-state index is 12.3. The van der Waals surface area contributed by atoms with E-state index in [0.717, 1.165) is 25.7 Å². The van der Waals surface area contributed by atoms with E-state index in [0.29, 0.717) is 6.42 Å². The van der Waals surface area contributed by atoms with Crippen LogP contribution in [-0.4, -0.2) is 34.9 Å². The van der Waals surface area contributed by atoms with Crippen LogP contribution in [0, 0.1) is 0 Å². The number of rotatable bonds is 39. The van der Waals surface area contributed by atoms with Gasteiger partial charge in [0.1, 0.15) is 0 Å². The van der Waals surface area contributed by atoms with Gasteiger partial charge in [-0.25, -0.2) is 0 Å². The number of hydrogen-bond donors (Lipinski definition) is 3. The van der Waals surface area contributed by atoms with Crippen LogP contribution in [0.4, 0.5) is 0 Å². The minimum Gasteiger partial charge on any atom is -0.394 e. The lowest BCUT2D eigenvalue weighted by Crippen LogP contribution is -2.45. The third kappa shape index (κ3) is 36.2. The van der Waals surface area contributed by atoms with E-state index in [1.807, 2.05) is 6.08 Å². The van der Waals surface area contributed by atoms with Gasteiger partial charge >= 0.3 is 0 Å². The zero-order chi connectivity index (χ0) is 34.3. The second-order valence-corrected chi connectivity index (χ2v) is 14.8. The van der Waals surface area contributed by atoms with Gasteiger partial charge in [0.25, 0.3) is 0 Å². The van der Waals surface area contributed by atoms with E-state index < -0.39 is 12.1 Å². The molecule has 0 heterocycles. The molecule has 1 amide bonds. The number of aliphatic hydroxyl groups is 2. The topological polar surface area (TPSA) is 69.6 Å². The van der Waals surface area contributed by atoms with E-state index in [-0.39, 0.29) is 12.5 Å². The highest BCUT2D eigenvalue weighted by Gasteiger charge is 2.17. The summed E-state index contributed by atoms with van der Waals surface area (Å²) < 4.78 is 0. The first-order valence-electron chi connectivity index (χ1n) is 21.4. The lowest BCUT2D eigenvalue weighted by molar-refractivity contribution is -0.123. The molecule has 0 saturated carbocycles. The van der Waals surface area contributed by atoms with Gasteiger partial charge in [0.15, 0.2) is 0 Å². The Balaban J connectivity index is 3.45. The van der Waals surface area contributed by atoms with Crippen LogP contribution in [0.5, 0.6) is 0 Å². The van der Waals surface area contributed by atoms with Crippen molar-refractivity contribution >= 4 is 5.91 Å². The molecule has 0 aromatic heterocycles. The highest BCUT2D eigenvalue weighted by molar-refractivity contribution is 5.76. The summed E-state index contributed by atoms with van der Waals surface area (Å²) in [5.41, 5.74) is 0. The molecule has 0 bridgehead atoms. The highest BCUT2D eigenvalue weighted by Crippen LogP contribution is 2.16. The van der Waals surface area contributed by atoms with Crippen molar-refractivity contribution in [2.24, 2.45) is 0 Å². The smallest absolute Gasteiger partial charge is 0.220 e. The van der Waals surface area contributed by atoms with Gasteiger partial charge in [0.05, 0.1) is 18.8 Å². The quantitative estimate of drug-likeness (QED) is 0.0453. The molecule has 4 nitrogen and oxygen atoms in total. The van der Waals surface area contributed by atoms with Crippen LogP contribution in [0.3, 0.4) is 0 Å². The number of allylic oxidation sites excluding steroid dienone is 1. The maximum absolute atomic E-state index is 12.3. The molecular weight excluding hydrogens is 578 g/mol. The Morgan fingerprint density at radius 1 is 0.489 bits per heavy atom. The molecule has 0 aliphatic heterocycles. The lowest BCUT2D eigenvalue weighted by atomic mass is 10.0. The molecule has 2 unspecified atom stereocenters. The largest absolute Gasteiger partial charge is 0.394 e. The van der Waals surface area contributed by atoms with Crippen LogP contribution in [-0.2, 0) is 4.79 Å². The summed E-state index contributed by atoms with van der Waals surface area (Å²) in [5.74, 6) is -0.0653. The van der Waals surface area contributed by atoms with Gasteiger partial charge in [-0.15, -0.1) is 0 Å². The SMILES string of the molecule is CCCCCCCCCCCCCCCCCCCCCCCCCC/C=C/C(O)C(CO)NC(=O)CCCCCCCCCCC. The molecule has 0 aliphatic rings. The lowest BCUT2D eigenvalue weighted by Gasteiger charge is -2.20. The van der Waals surface area contributed by atoms with Crippen LogP contribution in [0.15, 0.2) is 12.2 Å². The van der Waals surface area contributed by atoms with Crippen molar-refractivity contribution in [3.05, 3.63) is 12.2 Å². The minimum atomic E-state index is -0.832. The molecule has 0 fully saturated rings. The van der Waals surface area contributed by atoms with Gasteiger partial charge < -0.3 is 15.5 Å². The van der Waals surface area contributed by atoms with E-state index in [2.05, 4.69) is 19.2 Å². The Labute approximate surface area is 295 Å². The fraction of sp³-hybridized carbons (Fsp3) is 0.930. The summed E-state index contributed by atoms with van der Waals surface area (Å²) in [6.07, 6.45) is 49.1. The van der Waals surface area contributed by atoms with Crippen molar-refractivity contribution in [1.29, 1.82) is 0 Å². The zero-order valence-electron chi connectivity index (χ0n) is 32.1. The fourth-order valence-corrected chi connectivity index (χ4v) is 6.71. The number of hydrogen-bond acceptors (Lipinski definition) is 3. The number of carbonyl (C=O) groups is 1. The van der Waals surface area contributed by atoms with E-state index in [1.165, 1.54) is 193 Å². The van der Waals surface area contributed by atoms with Crippen molar-refractivity contribution < 1.29 is 15.0 Å². The molecule has 0 rings (SSSR count). The summed E-state index contributed by atoms with van der Waals surface area (Å²) in [6.45, 7) is 4.30. The number of carbonyl (C=O) groups excluding carboxylic acids is 1. The monoisotopic (exact) mass is 664 g/mol. The average molecular weight is 664 g/mol. The van der Waals surface area contributed by atoms with Gasteiger partial charge in [0, 0.05) is 6.42 Å². The van der Waals surface area contributed by atoms with E-state index in [9.17, 15) is 15.0 Å². The molecule has 4 heteroatoms. The Hall–Kier alpha value is -0.870. The van der Waals surface area contributed by atoms with E-state index >= 15 is 0 Å². The molecule has 0 aromatic carbocycles. The molecular formula is C43H85NO3. The van der Waals surface area contributed by atoms with Crippen LogP contribution < -0.4 is 5.32 Å². The molecule has 0 aliphatic carbocycles. The molecule has 0 radical (unpaired) electrons. The Kier molecular flexibility index (Phi) is 38.8. The van der Waals surface area contributed by atoms with Gasteiger partial charge in [-0.05, 0) is 19.3 Å². The zero-order valence-corrected chi connectivity index (χ0v) is 32.1. The summed E-state index contributed by atoms with van der Waals surface area (Å²) >= 11 is 0. The predicted molar refractivity (Wildman–Crippen MR) is 207 cm³/mol. The predicted octanol–water partition coefficient (Wildman–Crippen LogP) is 13.1. The minimum absolute atomic E-state index is 0.0653. The summed E-state index contributed by atoms with van der Waals surface area (Å²) in [6, 6.07) is -0.614. The third-order valence-corrected chi connectivity index (χ3v) is 10.0. The second-order valence-electron chi connectivity index (χ2n) is 14.8. The maximum Gasteiger partial charge on any atom is 0.220 e. The first kappa shape index (κ1) is 46.1. The molecule has 280 valence electrons. The first-order valence-corrected chi connectivity index (χ1v) is 21.4. The molecule has 0 spiro atoms. The van der Waals surface area contributed by atoms with Gasteiger partial charge in [-0.2, -0.15) is 0 Å². The van der Waals surface area contributed by atoms with Crippen molar-refractivity contribution in [3.63, 3.8) is 0 Å². The van der Waals surface area contributed by atoms with Gasteiger partial charge in [0.2, 0.25) is 5.91 Å². The highest BCUT2D eigenvalue weighted by atomic mass is 16.3. The normalized spacial score (nSPS) is 13.0. The summed E-state index contributed by atoms with van der Waals surface area (Å²) in [7, 11) is 0. The van der Waals surface area contributed by atoms with Crippen LogP contribution in [0.25, 0.3) is 0 Å². The fourth-order valence-electron chi connectivity index (χ4n) is 6.71. The van der Waals surface area contributed by atoms with Crippen molar-refractivity contribution in [2.75, 3.05) is 6.61 Å². The number of amides is 1.